The third-order valence-corrected chi connectivity index (χ3v) is 4.57. The molecule has 5 heteroatoms. The summed E-state index contributed by atoms with van der Waals surface area (Å²) in [6.07, 6.45) is 7.34. The van der Waals surface area contributed by atoms with E-state index >= 15 is 0 Å². The van der Waals surface area contributed by atoms with E-state index in [9.17, 15) is 9.59 Å². The van der Waals surface area contributed by atoms with Crippen molar-refractivity contribution in [3.8, 4) is 12.3 Å². The number of rotatable bonds is 6. The lowest BCUT2D eigenvalue weighted by atomic mass is 10.0. The molecule has 1 heterocycles. The molecule has 0 spiro atoms. The van der Waals surface area contributed by atoms with E-state index in [0.717, 1.165) is 32.5 Å². The van der Waals surface area contributed by atoms with Gasteiger partial charge >= 0.3 is 0 Å². The van der Waals surface area contributed by atoms with Crippen LogP contribution in [0.2, 0.25) is 0 Å². The van der Waals surface area contributed by atoms with Gasteiger partial charge in [0.2, 0.25) is 11.8 Å². The average Bonchev–Trinajstić information content (AvgIpc) is 2.84. The monoisotopic (exact) mass is 341 g/mol. The molecule has 0 saturated carbocycles. The maximum atomic E-state index is 12.5. The van der Waals surface area contributed by atoms with Gasteiger partial charge in [-0.15, -0.1) is 6.42 Å². The number of amides is 2. The molecule has 1 fully saturated rings. The first-order valence-corrected chi connectivity index (χ1v) is 8.85. The van der Waals surface area contributed by atoms with Gasteiger partial charge in [0.25, 0.3) is 0 Å². The van der Waals surface area contributed by atoms with Gasteiger partial charge in [-0.1, -0.05) is 30.2 Å². The van der Waals surface area contributed by atoms with Crippen molar-refractivity contribution in [2.75, 3.05) is 39.3 Å². The highest BCUT2D eigenvalue weighted by Gasteiger charge is 2.20. The number of aryl methyl sites for hydroxylation is 2. The van der Waals surface area contributed by atoms with E-state index < -0.39 is 0 Å². The molecule has 0 bridgehead atoms. The van der Waals surface area contributed by atoms with Crippen molar-refractivity contribution in [3.63, 3.8) is 0 Å². The van der Waals surface area contributed by atoms with E-state index in [4.69, 9.17) is 6.42 Å². The molecular weight excluding hydrogens is 314 g/mol. The highest BCUT2D eigenvalue weighted by molar-refractivity contribution is 5.78. The van der Waals surface area contributed by atoms with Crippen LogP contribution in [-0.4, -0.2) is 60.9 Å². The number of hydrogen-bond acceptors (Lipinski definition) is 3. The molecule has 0 radical (unpaired) electrons. The normalized spacial score (nSPS) is 15.3. The Morgan fingerprint density at radius 1 is 1.20 bits per heavy atom. The smallest absolute Gasteiger partial charge is 0.234 e. The largest absolute Gasteiger partial charge is 0.344 e. The molecule has 1 saturated heterocycles. The van der Waals surface area contributed by atoms with Gasteiger partial charge in [0.1, 0.15) is 0 Å². The maximum Gasteiger partial charge on any atom is 0.234 e. The Labute approximate surface area is 150 Å². The van der Waals surface area contributed by atoms with E-state index in [1.54, 1.807) is 0 Å². The van der Waals surface area contributed by atoms with Crippen molar-refractivity contribution in [1.29, 1.82) is 0 Å². The summed E-state index contributed by atoms with van der Waals surface area (Å²) in [7, 11) is 0. The Kier molecular flexibility index (Phi) is 7.49. The maximum absolute atomic E-state index is 12.5. The van der Waals surface area contributed by atoms with Gasteiger partial charge in [0.05, 0.1) is 13.1 Å². The third-order valence-electron chi connectivity index (χ3n) is 4.57. The SMILES string of the molecule is C#CCNC(=O)CN1CCCN(C(=O)CCc2ccccc2C)CC1. The van der Waals surface area contributed by atoms with Gasteiger partial charge in [-0.05, 0) is 30.9 Å². The summed E-state index contributed by atoms with van der Waals surface area (Å²) in [4.78, 5) is 28.3. The molecule has 1 aliphatic heterocycles. The zero-order valence-electron chi connectivity index (χ0n) is 15.0. The molecule has 0 atom stereocenters. The summed E-state index contributed by atoms with van der Waals surface area (Å²) < 4.78 is 0. The molecule has 5 nitrogen and oxygen atoms in total. The van der Waals surface area contributed by atoms with Crippen LogP contribution in [0.3, 0.4) is 0 Å². The summed E-state index contributed by atoms with van der Waals surface area (Å²) in [5.41, 5.74) is 2.47. The lowest BCUT2D eigenvalue weighted by Gasteiger charge is -2.22. The molecule has 0 aromatic heterocycles. The lowest BCUT2D eigenvalue weighted by Crippen LogP contribution is -2.40. The molecule has 1 aromatic rings. The van der Waals surface area contributed by atoms with Crippen molar-refractivity contribution < 1.29 is 9.59 Å². The minimum Gasteiger partial charge on any atom is -0.344 e. The fourth-order valence-corrected chi connectivity index (χ4v) is 3.08. The quantitative estimate of drug-likeness (QED) is 0.792. The second-order valence-corrected chi connectivity index (χ2v) is 6.42. The molecule has 2 amide bonds. The second-order valence-electron chi connectivity index (χ2n) is 6.42. The molecule has 134 valence electrons. The first kappa shape index (κ1) is 19.0. The van der Waals surface area contributed by atoms with Crippen LogP contribution in [0.15, 0.2) is 24.3 Å². The second kappa shape index (κ2) is 9.85. The number of nitrogens with zero attached hydrogens (tertiary/aromatic N) is 2. The molecular formula is C20H27N3O2. The summed E-state index contributed by atoms with van der Waals surface area (Å²) >= 11 is 0. The minimum absolute atomic E-state index is 0.0581. The van der Waals surface area contributed by atoms with Crippen molar-refractivity contribution in [3.05, 3.63) is 35.4 Å². The van der Waals surface area contributed by atoms with Crippen LogP contribution in [0.25, 0.3) is 0 Å². The van der Waals surface area contributed by atoms with Gasteiger partial charge in [-0.25, -0.2) is 0 Å². The van der Waals surface area contributed by atoms with E-state index in [0.29, 0.717) is 19.5 Å². The molecule has 1 N–H and O–H groups in total. The van der Waals surface area contributed by atoms with Crippen molar-refractivity contribution in [2.24, 2.45) is 0 Å². The van der Waals surface area contributed by atoms with Crippen LogP contribution in [0.5, 0.6) is 0 Å². The van der Waals surface area contributed by atoms with Crippen LogP contribution in [0.1, 0.15) is 24.0 Å². The van der Waals surface area contributed by atoms with E-state index in [2.05, 4.69) is 35.2 Å². The first-order valence-electron chi connectivity index (χ1n) is 8.85. The van der Waals surface area contributed by atoms with Crippen molar-refractivity contribution in [1.82, 2.24) is 15.1 Å². The highest BCUT2D eigenvalue weighted by atomic mass is 16.2. The molecule has 1 aliphatic rings. The fourth-order valence-electron chi connectivity index (χ4n) is 3.08. The predicted octanol–water partition coefficient (Wildman–Crippen LogP) is 1.21. The van der Waals surface area contributed by atoms with Gasteiger partial charge in [-0.2, -0.15) is 0 Å². The predicted molar refractivity (Wildman–Crippen MR) is 99.0 cm³/mol. The first-order chi connectivity index (χ1) is 12.1. The van der Waals surface area contributed by atoms with Crippen molar-refractivity contribution in [2.45, 2.75) is 26.2 Å². The highest BCUT2D eigenvalue weighted by Crippen LogP contribution is 2.12. The third kappa shape index (κ3) is 6.24. The Hall–Kier alpha value is -2.32. The van der Waals surface area contributed by atoms with Crippen LogP contribution in [0.4, 0.5) is 0 Å². The topological polar surface area (TPSA) is 52.7 Å². The van der Waals surface area contributed by atoms with Gasteiger partial charge in [-0.3, -0.25) is 14.5 Å². The fraction of sp³-hybridized carbons (Fsp3) is 0.500. The summed E-state index contributed by atoms with van der Waals surface area (Å²) in [5.74, 6) is 2.54. The molecule has 1 aromatic carbocycles. The van der Waals surface area contributed by atoms with Crippen LogP contribution in [0, 0.1) is 19.3 Å². The minimum atomic E-state index is -0.0581. The number of nitrogens with one attached hydrogen (secondary N) is 1. The molecule has 0 aliphatic carbocycles. The number of terminal acetylenes is 1. The number of carbonyl (C=O) groups excluding carboxylic acids is 2. The van der Waals surface area contributed by atoms with E-state index in [1.165, 1.54) is 11.1 Å². The Balaban J connectivity index is 1.78. The standard InChI is InChI=1S/C20H27N3O2/c1-3-11-21-19(24)16-22-12-6-13-23(15-14-22)20(25)10-9-18-8-5-4-7-17(18)2/h1,4-5,7-8H,6,9-16H2,2H3,(H,21,24). The average molecular weight is 341 g/mol. The Morgan fingerprint density at radius 2 is 2.00 bits per heavy atom. The van der Waals surface area contributed by atoms with Gasteiger partial charge < -0.3 is 10.2 Å². The Morgan fingerprint density at radius 3 is 2.76 bits per heavy atom. The van der Waals surface area contributed by atoms with Crippen LogP contribution in [-0.2, 0) is 16.0 Å². The zero-order valence-corrected chi connectivity index (χ0v) is 15.0. The number of carbonyl (C=O) groups is 2. The zero-order chi connectivity index (χ0) is 18.1. The van der Waals surface area contributed by atoms with Crippen molar-refractivity contribution >= 4 is 11.8 Å². The lowest BCUT2D eigenvalue weighted by molar-refractivity contribution is -0.131. The van der Waals surface area contributed by atoms with E-state index in [-0.39, 0.29) is 18.4 Å². The van der Waals surface area contributed by atoms with E-state index in [1.807, 2.05) is 17.0 Å². The number of hydrogen-bond donors (Lipinski definition) is 1. The molecule has 0 unspecified atom stereocenters. The molecule has 2 rings (SSSR count). The Bertz CT molecular complexity index is 636. The molecule has 25 heavy (non-hydrogen) atoms. The van der Waals surface area contributed by atoms with Crippen LogP contribution < -0.4 is 5.32 Å². The van der Waals surface area contributed by atoms with Gasteiger partial charge in [0, 0.05) is 32.6 Å². The summed E-state index contributed by atoms with van der Waals surface area (Å²) in [5, 5.41) is 2.68. The number of benzene rings is 1. The van der Waals surface area contributed by atoms with Crippen LogP contribution >= 0.6 is 0 Å². The summed E-state index contributed by atoms with van der Waals surface area (Å²) in [6.45, 7) is 5.66. The summed E-state index contributed by atoms with van der Waals surface area (Å²) in [6, 6.07) is 8.20. The van der Waals surface area contributed by atoms with Gasteiger partial charge in [0.15, 0.2) is 0 Å².